The van der Waals surface area contributed by atoms with Crippen molar-refractivity contribution in [1.29, 1.82) is 0 Å². The topological polar surface area (TPSA) is 27.1 Å². The van der Waals surface area contributed by atoms with Crippen LogP contribution in [0.5, 0.6) is 5.75 Å². The Morgan fingerprint density at radius 3 is 2.47 bits per heavy atom. The van der Waals surface area contributed by atoms with Crippen LogP contribution in [0.3, 0.4) is 0 Å². The van der Waals surface area contributed by atoms with Crippen molar-refractivity contribution in [3.63, 3.8) is 0 Å². The first kappa shape index (κ1) is 13.5. The second-order valence-corrected chi connectivity index (χ2v) is 4.21. The first-order chi connectivity index (χ1) is 8.84. The highest BCUT2D eigenvalue weighted by molar-refractivity contribution is 5.68. The summed E-state index contributed by atoms with van der Waals surface area (Å²) in [6, 6.07) is 4.90. The zero-order valence-electron chi connectivity index (χ0n) is 10.7. The quantitative estimate of drug-likeness (QED) is 0.836. The minimum Gasteiger partial charge on any atom is -0.496 e. The Bertz CT molecular complexity index is 602. The molecule has 0 unspecified atom stereocenters. The van der Waals surface area contributed by atoms with Crippen LogP contribution < -0.4 is 4.74 Å². The van der Waals surface area contributed by atoms with Crippen molar-refractivity contribution in [3.8, 4) is 16.9 Å². The Kier molecular flexibility index (Phi) is 3.26. The van der Waals surface area contributed by atoms with Gasteiger partial charge in [0.25, 0.3) is 0 Å². The van der Waals surface area contributed by atoms with Crippen LogP contribution >= 0.6 is 0 Å². The minimum absolute atomic E-state index is 0.0701. The molecule has 0 bridgehead atoms. The monoisotopic (exact) mass is 270 g/mol. The number of nitrogens with zero attached hydrogens (tertiary/aromatic N) is 2. The molecule has 0 saturated carbocycles. The van der Waals surface area contributed by atoms with Gasteiger partial charge in [-0.3, -0.25) is 4.68 Å². The van der Waals surface area contributed by atoms with Crippen molar-refractivity contribution < 1.29 is 17.9 Å². The fourth-order valence-electron chi connectivity index (χ4n) is 2.03. The lowest BCUT2D eigenvalue weighted by Crippen LogP contribution is -2.13. The van der Waals surface area contributed by atoms with Gasteiger partial charge in [0.15, 0.2) is 0 Å². The van der Waals surface area contributed by atoms with Crippen molar-refractivity contribution >= 4 is 0 Å². The summed E-state index contributed by atoms with van der Waals surface area (Å²) in [6.45, 7) is 1.78. The molecule has 102 valence electrons. The van der Waals surface area contributed by atoms with E-state index in [1.807, 2.05) is 0 Å². The molecule has 0 radical (unpaired) electrons. The molecule has 6 heteroatoms. The summed E-state index contributed by atoms with van der Waals surface area (Å²) in [5, 5.41) is 3.70. The van der Waals surface area contributed by atoms with E-state index in [4.69, 9.17) is 4.74 Å². The van der Waals surface area contributed by atoms with Gasteiger partial charge < -0.3 is 4.74 Å². The summed E-state index contributed by atoms with van der Waals surface area (Å²) in [4.78, 5) is 0. The molecule has 0 saturated heterocycles. The fourth-order valence-corrected chi connectivity index (χ4v) is 2.03. The predicted octanol–water partition coefficient (Wildman–Crippen LogP) is 3.42. The largest absolute Gasteiger partial charge is 0.496 e. The number of aromatic nitrogens is 2. The summed E-state index contributed by atoms with van der Waals surface area (Å²) in [7, 11) is 2.80. The molecule has 1 aromatic heterocycles. The summed E-state index contributed by atoms with van der Waals surface area (Å²) < 4.78 is 44.9. The first-order valence-corrected chi connectivity index (χ1v) is 5.59. The van der Waals surface area contributed by atoms with Gasteiger partial charge in [-0.25, -0.2) is 0 Å². The molecule has 0 atom stereocenters. The lowest BCUT2D eigenvalue weighted by Gasteiger charge is -2.11. The maximum atomic E-state index is 13.0. The predicted molar refractivity (Wildman–Crippen MR) is 64.9 cm³/mol. The van der Waals surface area contributed by atoms with E-state index < -0.39 is 11.9 Å². The van der Waals surface area contributed by atoms with Gasteiger partial charge in [0.2, 0.25) is 0 Å². The lowest BCUT2D eigenvalue weighted by atomic mass is 10.0. The van der Waals surface area contributed by atoms with Crippen LogP contribution in [-0.4, -0.2) is 16.9 Å². The molecule has 2 rings (SSSR count). The van der Waals surface area contributed by atoms with Gasteiger partial charge in [0.1, 0.15) is 11.4 Å². The first-order valence-electron chi connectivity index (χ1n) is 5.59. The molecule has 0 N–H and O–H groups in total. The molecule has 0 aliphatic heterocycles. The van der Waals surface area contributed by atoms with E-state index in [2.05, 4.69) is 5.10 Å². The number of hydrogen-bond donors (Lipinski definition) is 0. The van der Waals surface area contributed by atoms with E-state index in [1.165, 1.54) is 20.4 Å². The number of alkyl halides is 3. The smallest absolute Gasteiger partial charge is 0.433 e. The Hall–Kier alpha value is -1.98. The van der Waals surface area contributed by atoms with E-state index in [0.29, 0.717) is 11.3 Å². The van der Waals surface area contributed by atoms with Crippen LogP contribution in [0.25, 0.3) is 11.1 Å². The third-order valence-corrected chi connectivity index (χ3v) is 2.91. The van der Waals surface area contributed by atoms with Crippen LogP contribution in [0, 0.1) is 6.92 Å². The van der Waals surface area contributed by atoms with Crippen molar-refractivity contribution in [1.82, 2.24) is 9.78 Å². The molecule has 19 heavy (non-hydrogen) atoms. The van der Waals surface area contributed by atoms with Crippen LogP contribution in [-0.2, 0) is 13.2 Å². The van der Waals surface area contributed by atoms with Crippen LogP contribution in [0.15, 0.2) is 24.4 Å². The number of hydrogen-bond acceptors (Lipinski definition) is 2. The standard InChI is InChI=1S/C13H13F3N2O/c1-8-6-9(4-5-11(8)19-3)10-7-17-18(2)12(10)13(14,15)16/h4-7H,1-3H3. The van der Waals surface area contributed by atoms with Gasteiger partial charge in [-0.05, 0) is 30.2 Å². The van der Waals surface area contributed by atoms with E-state index >= 15 is 0 Å². The van der Waals surface area contributed by atoms with Gasteiger partial charge in [-0.1, -0.05) is 6.07 Å². The highest BCUT2D eigenvalue weighted by Gasteiger charge is 2.37. The molecular weight excluding hydrogens is 257 g/mol. The van der Waals surface area contributed by atoms with Gasteiger partial charge in [0.05, 0.1) is 13.3 Å². The second kappa shape index (κ2) is 4.60. The highest BCUT2D eigenvalue weighted by atomic mass is 19.4. The number of ether oxygens (including phenoxy) is 1. The Labute approximate surface area is 108 Å². The zero-order valence-corrected chi connectivity index (χ0v) is 10.7. The molecule has 0 fully saturated rings. The second-order valence-electron chi connectivity index (χ2n) is 4.21. The van der Waals surface area contributed by atoms with E-state index in [0.717, 1.165) is 10.2 Å². The summed E-state index contributed by atoms with van der Waals surface area (Å²) in [6.07, 6.45) is -3.21. The van der Waals surface area contributed by atoms with E-state index in [-0.39, 0.29) is 5.56 Å². The number of aryl methyl sites for hydroxylation is 2. The molecule has 1 aromatic carbocycles. The minimum atomic E-state index is -4.44. The lowest BCUT2D eigenvalue weighted by molar-refractivity contribution is -0.143. The fraction of sp³-hybridized carbons (Fsp3) is 0.308. The molecular formula is C13H13F3N2O. The molecule has 0 amide bonds. The molecule has 3 nitrogen and oxygen atoms in total. The normalized spacial score (nSPS) is 11.7. The number of rotatable bonds is 2. The summed E-state index contributed by atoms with van der Waals surface area (Å²) in [5.41, 5.74) is 0.563. The number of benzene rings is 1. The molecule has 2 aromatic rings. The Morgan fingerprint density at radius 2 is 1.95 bits per heavy atom. The van der Waals surface area contributed by atoms with E-state index in [9.17, 15) is 13.2 Å². The third-order valence-electron chi connectivity index (χ3n) is 2.91. The number of halogens is 3. The van der Waals surface area contributed by atoms with Crippen molar-refractivity contribution in [2.75, 3.05) is 7.11 Å². The molecule has 0 aliphatic rings. The van der Waals surface area contributed by atoms with Crippen LogP contribution in [0.1, 0.15) is 11.3 Å². The van der Waals surface area contributed by atoms with Crippen LogP contribution in [0.4, 0.5) is 13.2 Å². The third kappa shape index (κ3) is 2.43. The maximum Gasteiger partial charge on any atom is 0.433 e. The van der Waals surface area contributed by atoms with Crippen molar-refractivity contribution in [2.24, 2.45) is 7.05 Å². The van der Waals surface area contributed by atoms with Gasteiger partial charge in [-0.2, -0.15) is 18.3 Å². The van der Waals surface area contributed by atoms with E-state index in [1.54, 1.807) is 25.1 Å². The SMILES string of the molecule is COc1ccc(-c2cnn(C)c2C(F)(F)F)cc1C. The summed E-state index contributed by atoms with van der Waals surface area (Å²) in [5.74, 6) is 0.640. The van der Waals surface area contributed by atoms with Crippen molar-refractivity contribution in [3.05, 3.63) is 35.7 Å². The summed E-state index contributed by atoms with van der Waals surface area (Å²) >= 11 is 0. The maximum absolute atomic E-state index is 13.0. The molecule has 0 spiro atoms. The van der Waals surface area contributed by atoms with Gasteiger partial charge in [0, 0.05) is 12.6 Å². The van der Waals surface area contributed by atoms with Gasteiger partial charge >= 0.3 is 6.18 Å². The number of methoxy groups -OCH3 is 1. The average molecular weight is 270 g/mol. The highest BCUT2D eigenvalue weighted by Crippen LogP contribution is 2.37. The zero-order chi connectivity index (χ0) is 14.2. The molecule has 1 heterocycles. The van der Waals surface area contributed by atoms with Gasteiger partial charge in [-0.15, -0.1) is 0 Å². The van der Waals surface area contributed by atoms with Crippen molar-refractivity contribution in [2.45, 2.75) is 13.1 Å². The van der Waals surface area contributed by atoms with Crippen LogP contribution in [0.2, 0.25) is 0 Å². The average Bonchev–Trinajstić information content (AvgIpc) is 2.70. The molecule has 0 aliphatic carbocycles. The Morgan fingerprint density at radius 1 is 1.26 bits per heavy atom. The Balaban J connectivity index is 2.57.